The molecule has 3 rings (SSSR count). The lowest BCUT2D eigenvalue weighted by Gasteiger charge is -2.18. The van der Waals surface area contributed by atoms with Gasteiger partial charge in [0, 0.05) is 18.0 Å². The molecule has 10 heteroatoms. The van der Waals surface area contributed by atoms with Gasteiger partial charge in [0.15, 0.2) is 3.95 Å². The molecule has 7 nitrogen and oxygen atoms in total. The third-order valence-corrected chi connectivity index (χ3v) is 5.45. The molecule has 0 amide bonds. The van der Waals surface area contributed by atoms with Crippen molar-refractivity contribution in [3.8, 4) is 11.6 Å². The van der Waals surface area contributed by atoms with Crippen molar-refractivity contribution in [1.29, 1.82) is 5.41 Å². The quantitative estimate of drug-likeness (QED) is 0.491. The number of carboxylic acid groups (broad SMARTS) is 1. The van der Waals surface area contributed by atoms with E-state index in [1.54, 1.807) is 6.07 Å². The summed E-state index contributed by atoms with van der Waals surface area (Å²) in [4.78, 5) is 23.6. The smallest absolute Gasteiger partial charge is 0.303 e. The largest absolute Gasteiger partial charge is 0.493 e. The third kappa shape index (κ3) is 3.95. The Labute approximate surface area is 167 Å². The summed E-state index contributed by atoms with van der Waals surface area (Å²) < 4.78 is 7.11. The second kappa shape index (κ2) is 7.63. The number of ether oxygens (including phenoxy) is 1. The Morgan fingerprint density at radius 3 is 2.89 bits per heavy atom. The Bertz CT molecular complexity index is 1050. The van der Waals surface area contributed by atoms with Crippen LogP contribution in [0.3, 0.4) is 0 Å². The lowest BCUT2D eigenvalue weighted by Crippen LogP contribution is -2.24. The van der Waals surface area contributed by atoms with Gasteiger partial charge in [-0.1, -0.05) is 11.6 Å². The lowest BCUT2D eigenvalue weighted by atomic mass is 9.99. The number of halogens is 1. The van der Waals surface area contributed by atoms with Crippen LogP contribution < -0.4 is 4.74 Å². The molecule has 0 atom stereocenters. The predicted molar refractivity (Wildman–Crippen MR) is 104 cm³/mol. The van der Waals surface area contributed by atoms with Crippen molar-refractivity contribution in [2.24, 2.45) is 0 Å². The highest BCUT2D eigenvalue weighted by Gasteiger charge is 2.29. The normalized spacial score (nSPS) is 14.9. The monoisotopic (exact) mass is 424 g/mol. The van der Waals surface area contributed by atoms with E-state index in [9.17, 15) is 14.7 Å². The first-order valence-electron chi connectivity index (χ1n) is 7.75. The van der Waals surface area contributed by atoms with Gasteiger partial charge in [0.25, 0.3) is 0 Å². The van der Waals surface area contributed by atoms with E-state index in [-0.39, 0.29) is 46.5 Å². The summed E-state index contributed by atoms with van der Waals surface area (Å²) in [6, 6.07) is 4.53. The molecule has 0 unspecified atom stereocenters. The van der Waals surface area contributed by atoms with E-state index in [1.807, 2.05) is 0 Å². The van der Waals surface area contributed by atoms with Crippen LogP contribution in [0.5, 0.6) is 11.6 Å². The molecule has 2 heterocycles. The molecule has 1 aromatic heterocycles. The molecule has 1 aromatic carbocycles. The number of thiazole rings is 1. The van der Waals surface area contributed by atoms with Gasteiger partial charge in [-0.05, 0) is 42.9 Å². The van der Waals surface area contributed by atoms with Crippen LogP contribution in [-0.4, -0.2) is 32.4 Å². The van der Waals surface area contributed by atoms with Gasteiger partial charge in [-0.15, -0.1) is 11.3 Å². The van der Waals surface area contributed by atoms with Crippen LogP contribution in [0.2, 0.25) is 5.02 Å². The van der Waals surface area contributed by atoms with Gasteiger partial charge in [-0.2, -0.15) is 0 Å². The van der Waals surface area contributed by atoms with Gasteiger partial charge < -0.3 is 14.9 Å². The maximum Gasteiger partial charge on any atom is 0.303 e. The zero-order valence-corrected chi connectivity index (χ0v) is 16.1. The predicted octanol–water partition coefficient (Wildman–Crippen LogP) is 4.14. The molecule has 140 valence electrons. The summed E-state index contributed by atoms with van der Waals surface area (Å²) in [5.41, 5.74) is 0.197. The number of carbonyl (C=O) groups excluding carboxylic acids is 1. The molecule has 1 aliphatic heterocycles. The number of aliphatic carboxylic acids is 1. The molecule has 0 saturated carbocycles. The summed E-state index contributed by atoms with van der Waals surface area (Å²) in [6.07, 6.45) is 1.59. The average Bonchev–Trinajstić information content (AvgIpc) is 2.86. The SMILES string of the molecule is N=C1Oc2ccc(Cl)cc2C(=O)/C1=C\c1sc(=S)n(CCCC(=O)O)c1O. The molecule has 27 heavy (non-hydrogen) atoms. The molecule has 0 fully saturated rings. The average molecular weight is 425 g/mol. The van der Waals surface area contributed by atoms with Gasteiger partial charge in [0.2, 0.25) is 17.6 Å². The Morgan fingerprint density at radius 2 is 2.19 bits per heavy atom. The number of fused-ring (bicyclic) bond motifs is 1. The number of carbonyl (C=O) groups is 2. The molecule has 0 spiro atoms. The number of aromatic hydroxyl groups is 1. The number of benzene rings is 1. The number of nitrogens with one attached hydrogen (secondary N) is 1. The Kier molecular flexibility index (Phi) is 5.45. The van der Waals surface area contributed by atoms with E-state index in [0.29, 0.717) is 15.4 Å². The molecular formula is C17H13ClN2O5S2. The number of ketones is 1. The fourth-order valence-electron chi connectivity index (χ4n) is 2.54. The number of carboxylic acids is 1. The van der Waals surface area contributed by atoms with Crippen LogP contribution in [0.1, 0.15) is 28.1 Å². The number of hydrogen-bond acceptors (Lipinski definition) is 7. The third-order valence-electron chi connectivity index (χ3n) is 3.83. The highest BCUT2D eigenvalue weighted by Crippen LogP contribution is 2.34. The van der Waals surface area contributed by atoms with Crippen molar-refractivity contribution in [2.75, 3.05) is 0 Å². The second-order valence-electron chi connectivity index (χ2n) is 5.66. The highest BCUT2D eigenvalue weighted by molar-refractivity contribution is 7.73. The Balaban J connectivity index is 1.95. The van der Waals surface area contributed by atoms with Crippen molar-refractivity contribution in [2.45, 2.75) is 19.4 Å². The first-order chi connectivity index (χ1) is 12.8. The standard InChI is InChI=1S/C17H13ClN2O5S2/c18-8-3-4-11-9(6-8)14(23)10(15(19)25-11)7-12-16(24)20(17(26)27-12)5-1-2-13(21)22/h3-4,6-7,19,24H,1-2,5H2,(H,21,22)/b10-7+,19-15?. The van der Waals surface area contributed by atoms with Crippen LogP contribution in [-0.2, 0) is 11.3 Å². The molecule has 0 saturated heterocycles. The molecule has 3 N–H and O–H groups in total. The van der Waals surface area contributed by atoms with Crippen LogP contribution in [0, 0.1) is 9.36 Å². The first-order valence-corrected chi connectivity index (χ1v) is 9.35. The number of hydrogen-bond donors (Lipinski definition) is 3. The van der Waals surface area contributed by atoms with Crippen LogP contribution in [0.4, 0.5) is 0 Å². The van der Waals surface area contributed by atoms with Crippen molar-refractivity contribution >= 4 is 58.9 Å². The van der Waals surface area contributed by atoms with E-state index in [0.717, 1.165) is 11.3 Å². The zero-order valence-electron chi connectivity index (χ0n) is 13.7. The van der Waals surface area contributed by atoms with Gasteiger partial charge in [0.1, 0.15) is 5.75 Å². The lowest BCUT2D eigenvalue weighted by molar-refractivity contribution is -0.137. The van der Waals surface area contributed by atoms with Crippen molar-refractivity contribution in [3.63, 3.8) is 0 Å². The zero-order chi connectivity index (χ0) is 19.7. The fraction of sp³-hybridized carbons (Fsp3) is 0.176. The van der Waals surface area contributed by atoms with Gasteiger partial charge >= 0.3 is 5.97 Å². The highest BCUT2D eigenvalue weighted by atomic mass is 35.5. The van der Waals surface area contributed by atoms with Crippen LogP contribution in [0.25, 0.3) is 6.08 Å². The first kappa shape index (κ1) is 19.3. The minimum absolute atomic E-state index is 0.0333. The van der Waals surface area contributed by atoms with E-state index in [4.69, 9.17) is 39.1 Å². The molecule has 0 radical (unpaired) electrons. The van der Waals surface area contributed by atoms with Crippen molar-refractivity contribution in [3.05, 3.63) is 43.2 Å². The van der Waals surface area contributed by atoms with Gasteiger partial charge in [-0.25, -0.2) is 0 Å². The minimum Gasteiger partial charge on any atom is -0.493 e. The number of aromatic nitrogens is 1. The van der Waals surface area contributed by atoms with E-state index >= 15 is 0 Å². The second-order valence-corrected chi connectivity index (χ2v) is 7.78. The molecular weight excluding hydrogens is 412 g/mol. The van der Waals surface area contributed by atoms with E-state index in [1.165, 1.54) is 22.8 Å². The molecule has 2 aromatic rings. The Morgan fingerprint density at radius 1 is 1.44 bits per heavy atom. The number of nitrogens with zero attached hydrogens (tertiary/aromatic N) is 1. The number of rotatable bonds is 5. The fourth-order valence-corrected chi connectivity index (χ4v) is 4.01. The summed E-state index contributed by atoms with van der Waals surface area (Å²) in [7, 11) is 0. The van der Waals surface area contributed by atoms with E-state index in [2.05, 4.69) is 0 Å². The molecule has 0 bridgehead atoms. The maximum atomic E-state index is 12.7. The summed E-state index contributed by atoms with van der Waals surface area (Å²) in [5, 5.41) is 27.5. The maximum absolute atomic E-state index is 12.7. The molecule has 1 aliphatic rings. The van der Waals surface area contributed by atoms with Crippen molar-refractivity contribution in [1.82, 2.24) is 4.57 Å². The minimum atomic E-state index is -0.936. The van der Waals surface area contributed by atoms with Crippen molar-refractivity contribution < 1.29 is 24.5 Å². The Hall–Kier alpha value is -2.49. The summed E-state index contributed by atoms with van der Waals surface area (Å²) in [5.74, 6) is -1.66. The van der Waals surface area contributed by atoms with Crippen LogP contribution >= 0.6 is 35.2 Å². The van der Waals surface area contributed by atoms with E-state index < -0.39 is 11.8 Å². The molecule has 0 aliphatic carbocycles. The van der Waals surface area contributed by atoms with Gasteiger partial charge in [0.05, 0.1) is 16.0 Å². The van der Waals surface area contributed by atoms with Gasteiger partial charge in [-0.3, -0.25) is 19.6 Å². The summed E-state index contributed by atoms with van der Waals surface area (Å²) >= 11 is 12.2. The summed E-state index contributed by atoms with van der Waals surface area (Å²) in [6.45, 7) is 0.233. The topological polar surface area (TPSA) is 113 Å². The van der Waals surface area contributed by atoms with Crippen LogP contribution in [0.15, 0.2) is 23.8 Å². The number of Topliss-reactive ketones (excluding diaryl/α,β-unsaturated/α-hetero) is 1.